The smallest absolute Gasteiger partial charge is 0.267 e. The molecule has 0 N–H and O–H groups in total. The van der Waals surface area contributed by atoms with Crippen molar-refractivity contribution in [2.75, 3.05) is 18.0 Å². The molecule has 2 aliphatic rings. The lowest BCUT2D eigenvalue weighted by Crippen LogP contribution is -2.30. The van der Waals surface area contributed by atoms with Crippen molar-refractivity contribution in [2.24, 2.45) is 0 Å². The van der Waals surface area contributed by atoms with Gasteiger partial charge in [-0.15, -0.1) is 0 Å². The first-order chi connectivity index (χ1) is 12.1. The second-order valence-corrected chi connectivity index (χ2v) is 7.85. The Hall–Kier alpha value is -1.66. The molecule has 0 unspecified atom stereocenters. The molecule has 2 heterocycles. The Bertz CT molecular complexity index is 758. The van der Waals surface area contributed by atoms with Gasteiger partial charge < -0.3 is 4.90 Å². The van der Waals surface area contributed by atoms with Crippen LogP contribution in [0.25, 0.3) is 5.57 Å². The first-order valence-corrected chi connectivity index (χ1v) is 10.0. The van der Waals surface area contributed by atoms with Gasteiger partial charge in [0.1, 0.15) is 4.32 Å². The number of hydrogen-bond donors (Lipinski definition) is 0. The van der Waals surface area contributed by atoms with Crippen molar-refractivity contribution >= 4 is 51.4 Å². The van der Waals surface area contributed by atoms with Gasteiger partial charge in [0, 0.05) is 18.7 Å². The molecule has 0 atom stereocenters. The third-order valence-electron chi connectivity index (χ3n) is 4.43. The van der Waals surface area contributed by atoms with E-state index in [1.54, 1.807) is 9.80 Å². The topological polar surface area (TPSA) is 40.6 Å². The van der Waals surface area contributed by atoms with Crippen molar-refractivity contribution < 1.29 is 9.59 Å². The van der Waals surface area contributed by atoms with Crippen LogP contribution in [-0.4, -0.2) is 34.1 Å². The lowest BCUT2D eigenvalue weighted by Gasteiger charge is -2.15. The Balaban J connectivity index is 1.98. The van der Waals surface area contributed by atoms with Gasteiger partial charge >= 0.3 is 0 Å². The molecule has 0 aliphatic carbocycles. The van der Waals surface area contributed by atoms with Crippen molar-refractivity contribution in [1.82, 2.24) is 4.90 Å². The van der Waals surface area contributed by atoms with Gasteiger partial charge in [-0.05, 0) is 18.9 Å². The summed E-state index contributed by atoms with van der Waals surface area (Å²) in [5.41, 5.74) is 2.25. The summed E-state index contributed by atoms with van der Waals surface area (Å²) >= 11 is 6.67. The minimum atomic E-state index is -0.123. The van der Waals surface area contributed by atoms with Gasteiger partial charge in [-0.1, -0.05) is 68.9 Å². The maximum atomic E-state index is 13.0. The SMILES string of the molecule is CCCCCN1C(=O)/C(=C2/C(=O)N(CCC)c3ccccc32)SC1=S. The molecule has 1 saturated heterocycles. The molecule has 0 bridgehead atoms. The summed E-state index contributed by atoms with van der Waals surface area (Å²) in [5.74, 6) is -0.209. The number of carbonyl (C=O) groups excluding carboxylic acids is 2. The fourth-order valence-corrected chi connectivity index (χ4v) is 4.59. The first-order valence-electron chi connectivity index (χ1n) is 8.79. The van der Waals surface area contributed by atoms with Crippen molar-refractivity contribution in [1.29, 1.82) is 0 Å². The van der Waals surface area contributed by atoms with Crippen LogP contribution in [0.4, 0.5) is 5.69 Å². The predicted molar refractivity (Wildman–Crippen MR) is 107 cm³/mol. The van der Waals surface area contributed by atoms with Gasteiger partial charge in [0.2, 0.25) is 0 Å². The summed E-state index contributed by atoms with van der Waals surface area (Å²) in [5, 5.41) is 0. The second-order valence-electron chi connectivity index (χ2n) is 6.21. The van der Waals surface area contributed by atoms with Crippen molar-refractivity contribution in [3.63, 3.8) is 0 Å². The zero-order valence-electron chi connectivity index (χ0n) is 14.6. The Labute approximate surface area is 158 Å². The monoisotopic (exact) mass is 374 g/mol. The number of benzene rings is 1. The molecule has 0 aromatic heterocycles. The molecular formula is C19H22N2O2S2. The standard InChI is InChI=1S/C19H22N2O2S2/c1-3-5-8-12-21-18(23)16(25-19(21)24)15-13-9-6-7-10-14(13)20(11-4-2)17(15)22/h6-7,9-10H,3-5,8,11-12H2,1-2H3/b16-15-. The molecule has 0 saturated carbocycles. The van der Waals surface area contributed by atoms with Crippen LogP contribution >= 0.6 is 24.0 Å². The molecule has 132 valence electrons. The normalized spacial score (nSPS) is 20.0. The van der Waals surface area contributed by atoms with Crippen LogP contribution in [-0.2, 0) is 9.59 Å². The Morgan fingerprint density at radius 2 is 1.72 bits per heavy atom. The second kappa shape index (κ2) is 7.70. The largest absolute Gasteiger partial charge is 0.308 e. The zero-order valence-corrected chi connectivity index (χ0v) is 16.2. The Kier molecular flexibility index (Phi) is 5.59. The number of rotatable bonds is 6. The minimum absolute atomic E-state index is 0.0860. The summed E-state index contributed by atoms with van der Waals surface area (Å²) in [6, 6.07) is 7.69. The number of anilines is 1. The Morgan fingerprint density at radius 1 is 0.960 bits per heavy atom. The van der Waals surface area contributed by atoms with E-state index < -0.39 is 0 Å². The highest BCUT2D eigenvalue weighted by Crippen LogP contribution is 2.44. The van der Waals surface area contributed by atoms with Crippen molar-refractivity contribution in [3.05, 3.63) is 34.7 Å². The summed E-state index contributed by atoms with van der Waals surface area (Å²) in [7, 11) is 0. The van der Waals surface area contributed by atoms with E-state index in [0.29, 0.717) is 27.9 Å². The lowest BCUT2D eigenvalue weighted by atomic mass is 10.1. The van der Waals surface area contributed by atoms with Crippen LogP contribution in [0.3, 0.4) is 0 Å². The van der Waals surface area contributed by atoms with E-state index in [9.17, 15) is 9.59 Å². The third kappa shape index (κ3) is 3.25. The average Bonchev–Trinajstić information content (AvgIpc) is 3.03. The molecular weight excluding hydrogens is 352 g/mol. The lowest BCUT2D eigenvalue weighted by molar-refractivity contribution is -0.122. The van der Waals surface area contributed by atoms with E-state index in [4.69, 9.17) is 12.2 Å². The van der Waals surface area contributed by atoms with Crippen LogP contribution in [0.1, 0.15) is 45.1 Å². The van der Waals surface area contributed by atoms with Crippen molar-refractivity contribution in [2.45, 2.75) is 39.5 Å². The number of para-hydroxylation sites is 1. The van der Waals surface area contributed by atoms with Gasteiger partial charge in [-0.25, -0.2) is 0 Å². The molecule has 0 spiro atoms. The van der Waals surface area contributed by atoms with Crippen LogP contribution in [0.15, 0.2) is 29.2 Å². The highest BCUT2D eigenvalue weighted by atomic mass is 32.2. The Morgan fingerprint density at radius 3 is 2.44 bits per heavy atom. The van der Waals surface area contributed by atoms with Crippen LogP contribution < -0.4 is 4.90 Å². The summed E-state index contributed by atoms with van der Waals surface area (Å²) < 4.78 is 0.558. The molecule has 1 fully saturated rings. The minimum Gasteiger partial charge on any atom is -0.308 e. The average molecular weight is 375 g/mol. The maximum absolute atomic E-state index is 13.0. The fraction of sp³-hybridized carbons (Fsp3) is 0.421. The van der Waals surface area contributed by atoms with E-state index >= 15 is 0 Å². The van der Waals surface area contributed by atoms with Gasteiger partial charge in [0.05, 0.1) is 16.2 Å². The maximum Gasteiger partial charge on any atom is 0.267 e. The number of carbonyl (C=O) groups is 2. The van der Waals surface area contributed by atoms with E-state index in [1.165, 1.54) is 11.8 Å². The number of hydrogen-bond acceptors (Lipinski definition) is 4. The van der Waals surface area contributed by atoms with Crippen molar-refractivity contribution in [3.8, 4) is 0 Å². The van der Waals surface area contributed by atoms with Gasteiger partial charge in [-0.2, -0.15) is 0 Å². The summed E-state index contributed by atoms with van der Waals surface area (Å²) in [4.78, 5) is 29.8. The number of fused-ring (bicyclic) bond motifs is 1. The summed E-state index contributed by atoms with van der Waals surface area (Å²) in [6.45, 7) is 5.45. The number of thioether (sulfide) groups is 1. The number of thiocarbonyl (C=S) groups is 1. The molecule has 25 heavy (non-hydrogen) atoms. The predicted octanol–water partition coefficient (Wildman–Crippen LogP) is 4.20. The molecule has 6 heteroatoms. The van der Waals surface area contributed by atoms with Gasteiger partial charge in [0.25, 0.3) is 11.8 Å². The number of nitrogens with zero attached hydrogens (tertiary/aromatic N) is 2. The first kappa shape index (κ1) is 18.1. The molecule has 2 amide bonds. The molecule has 1 aromatic carbocycles. The molecule has 4 nitrogen and oxygen atoms in total. The quantitative estimate of drug-likeness (QED) is 0.425. The highest BCUT2D eigenvalue weighted by molar-refractivity contribution is 8.26. The van der Waals surface area contributed by atoms with Crippen LogP contribution in [0, 0.1) is 0 Å². The van der Waals surface area contributed by atoms with E-state index in [2.05, 4.69) is 6.92 Å². The molecule has 3 rings (SSSR count). The highest BCUT2D eigenvalue weighted by Gasteiger charge is 2.41. The molecule has 1 aromatic rings. The zero-order chi connectivity index (χ0) is 18.0. The summed E-state index contributed by atoms with van der Waals surface area (Å²) in [6.07, 6.45) is 3.95. The number of unbranched alkanes of at least 4 members (excludes halogenated alkanes) is 2. The van der Waals surface area contributed by atoms with Crippen LogP contribution in [0.2, 0.25) is 0 Å². The van der Waals surface area contributed by atoms with Crippen LogP contribution in [0.5, 0.6) is 0 Å². The van der Waals surface area contributed by atoms with Gasteiger partial charge in [0.15, 0.2) is 0 Å². The fourth-order valence-electron chi connectivity index (χ4n) is 3.21. The van der Waals surface area contributed by atoms with E-state index in [1.807, 2.05) is 31.2 Å². The molecule has 2 aliphatic heterocycles. The van der Waals surface area contributed by atoms with E-state index in [-0.39, 0.29) is 11.8 Å². The molecule has 0 radical (unpaired) electrons. The van der Waals surface area contributed by atoms with E-state index in [0.717, 1.165) is 36.9 Å². The van der Waals surface area contributed by atoms with Gasteiger partial charge in [-0.3, -0.25) is 14.5 Å². The number of amides is 2. The third-order valence-corrected chi connectivity index (χ3v) is 5.88.